The van der Waals surface area contributed by atoms with Gasteiger partial charge in [0.05, 0.1) is 4.90 Å². The summed E-state index contributed by atoms with van der Waals surface area (Å²) in [5, 5.41) is 0. The van der Waals surface area contributed by atoms with Gasteiger partial charge in [-0.25, -0.2) is 8.42 Å². The summed E-state index contributed by atoms with van der Waals surface area (Å²) < 4.78 is 27.4. The first-order valence-electron chi connectivity index (χ1n) is 11.3. The van der Waals surface area contributed by atoms with Crippen LogP contribution in [0.1, 0.15) is 62.2 Å². The van der Waals surface area contributed by atoms with Crippen molar-refractivity contribution in [3.8, 4) is 0 Å². The van der Waals surface area contributed by atoms with Crippen LogP contribution in [0.25, 0.3) is 0 Å². The number of Topliss-reactive ketones (excluding diaryl/α,β-unsaturated/α-hetero) is 1. The van der Waals surface area contributed by atoms with Crippen molar-refractivity contribution in [1.29, 1.82) is 0 Å². The second-order valence-electron chi connectivity index (χ2n) is 9.14. The lowest BCUT2D eigenvalue weighted by Crippen LogP contribution is -2.49. The highest BCUT2D eigenvalue weighted by molar-refractivity contribution is 7.89. The van der Waals surface area contributed by atoms with E-state index >= 15 is 0 Å². The summed E-state index contributed by atoms with van der Waals surface area (Å²) in [7, 11) is -3.60. The van der Waals surface area contributed by atoms with E-state index in [0.29, 0.717) is 37.4 Å². The minimum Gasteiger partial charge on any atom is -0.342 e. The molecule has 0 unspecified atom stereocenters. The number of hydrogen-bond acceptors (Lipinski definition) is 4. The molecule has 3 aliphatic rings. The van der Waals surface area contributed by atoms with Gasteiger partial charge in [0.2, 0.25) is 15.9 Å². The fourth-order valence-corrected chi connectivity index (χ4v) is 6.88. The highest BCUT2D eigenvalue weighted by Crippen LogP contribution is 2.37. The molecule has 1 saturated carbocycles. The van der Waals surface area contributed by atoms with Crippen LogP contribution in [0.5, 0.6) is 0 Å². The van der Waals surface area contributed by atoms with Gasteiger partial charge in [-0.15, -0.1) is 0 Å². The number of nitrogens with zero attached hydrogens (tertiary/aromatic N) is 2. The predicted molar refractivity (Wildman–Crippen MR) is 115 cm³/mol. The Morgan fingerprint density at radius 3 is 2.13 bits per heavy atom. The zero-order valence-electron chi connectivity index (χ0n) is 17.8. The normalized spacial score (nSPS) is 26.2. The molecule has 4 rings (SSSR count). The van der Waals surface area contributed by atoms with Crippen LogP contribution in [0.3, 0.4) is 0 Å². The number of likely N-dealkylation sites (tertiary alicyclic amines) is 1. The Morgan fingerprint density at radius 2 is 1.50 bits per heavy atom. The van der Waals surface area contributed by atoms with Gasteiger partial charge in [-0.3, -0.25) is 9.59 Å². The van der Waals surface area contributed by atoms with E-state index in [2.05, 4.69) is 4.90 Å². The summed E-state index contributed by atoms with van der Waals surface area (Å²) >= 11 is 0. The van der Waals surface area contributed by atoms with Gasteiger partial charge in [-0.2, -0.15) is 4.31 Å². The fourth-order valence-electron chi connectivity index (χ4n) is 5.41. The van der Waals surface area contributed by atoms with E-state index in [4.69, 9.17) is 0 Å². The number of amides is 1. The number of rotatable bonds is 4. The molecule has 3 fully saturated rings. The van der Waals surface area contributed by atoms with E-state index in [-0.39, 0.29) is 22.5 Å². The molecule has 2 atom stereocenters. The Morgan fingerprint density at radius 1 is 0.867 bits per heavy atom. The average molecular weight is 433 g/mol. The largest absolute Gasteiger partial charge is 0.342 e. The monoisotopic (exact) mass is 432 g/mol. The maximum Gasteiger partial charge on any atom is 0.243 e. The van der Waals surface area contributed by atoms with Crippen LogP contribution >= 0.6 is 0 Å². The van der Waals surface area contributed by atoms with E-state index < -0.39 is 10.0 Å². The quantitative estimate of drug-likeness (QED) is 0.684. The van der Waals surface area contributed by atoms with Crippen LogP contribution in [0.4, 0.5) is 0 Å². The lowest BCUT2D eigenvalue weighted by Gasteiger charge is -2.43. The SMILES string of the molecule is CC(=O)c1ccc(S(=O)(=O)N2CCC(C(=O)N3CC[C@@H]4CCCC[C@@H]4C3)CC2)cc1. The second kappa shape index (κ2) is 8.79. The molecule has 30 heavy (non-hydrogen) atoms. The predicted octanol–water partition coefficient (Wildman–Crippen LogP) is 3.33. The fraction of sp³-hybridized carbons (Fsp3) is 0.652. The molecule has 1 amide bonds. The van der Waals surface area contributed by atoms with Gasteiger partial charge in [-0.05, 0) is 56.6 Å². The Balaban J connectivity index is 1.35. The van der Waals surface area contributed by atoms with Gasteiger partial charge in [-0.1, -0.05) is 31.4 Å². The number of sulfonamides is 1. The van der Waals surface area contributed by atoms with Crippen LogP contribution in [0, 0.1) is 17.8 Å². The third kappa shape index (κ3) is 4.33. The van der Waals surface area contributed by atoms with Gasteiger partial charge in [0.1, 0.15) is 0 Å². The van der Waals surface area contributed by atoms with Crippen molar-refractivity contribution in [2.45, 2.75) is 56.8 Å². The molecular weight excluding hydrogens is 400 g/mol. The smallest absolute Gasteiger partial charge is 0.243 e. The molecule has 0 aromatic heterocycles. The maximum atomic E-state index is 13.1. The lowest BCUT2D eigenvalue weighted by molar-refractivity contribution is -0.139. The van der Waals surface area contributed by atoms with Crippen LogP contribution in [-0.4, -0.2) is 55.5 Å². The lowest BCUT2D eigenvalue weighted by atomic mass is 9.75. The molecule has 7 heteroatoms. The van der Waals surface area contributed by atoms with Crippen LogP contribution in [0.15, 0.2) is 29.2 Å². The van der Waals surface area contributed by atoms with E-state index in [1.165, 1.54) is 49.0 Å². The Hall–Kier alpha value is -1.73. The van der Waals surface area contributed by atoms with E-state index in [1.54, 1.807) is 12.1 Å². The van der Waals surface area contributed by atoms with Gasteiger partial charge >= 0.3 is 0 Å². The van der Waals surface area contributed by atoms with Crippen molar-refractivity contribution in [3.63, 3.8) is 0 Å². The number of hydrogen-bond donors (Lipinski definition) is 0. The van der Waals surface area contributed by atoms with E-state index in [0.717, 1.165) is 25.4 Å². The van der Waals surface area contributed by atoms with Crippen molar-refractivity contribution < 1.29 is 18.0 Å². The Labute approximate surface area is 179 Å². The number of ketones is 1. The number of carbonyl (C=O) groups is 2. The summed E-state index contributed by atoms with van der Waals surface area (Å²) in [5.41, 5.74) is 0.500. The topological polar surface area (TPSA) is 74.8 Å². The summed E-state index contributed by atoms with van der Waals surface area (Å²) in [6, 6.07) is 6.11. The summed E-state index contributed by atoms with van der Waals surface area (Å²) in [4.78, 5) is 26.8. The first-order valence-corrected chi connectivity index (χ1v) is 12.7. The van der Waals surface area contributed by atoms with Crippen LogP contribution < -0.4 is 0 Å². The molecule has 0 radical (unpaired) electrons. The highest BCUT2D eigenvalue weighted by atomic mass is 32.2. The summed E-state index contributed by atoms with van der Waals surface area (Å²) in [5.74, 6) is 1.52. The molecule has 2 aliphatic heterocycles. The molecule has 0 N–H and O–H groups in total. The van der Waals surface area contributed by atoms with Crippen molar-refractivity contribution in [2.24, 2.45) is 17.8 Å². The molecule has 6 nitrogen and oxygen atoms in total. The van der Waals surface area contributed by atoms with E-state index in [1.807, 2.05) is 0 Å². The van der Waals surface area contributed by atoms with Crippen molar-refractivity contribution in [2.75, 3.05) is 26.2 Å². The zero-order chi connectivity index (χ0) is 21.3. The molecule has 2 heterocycles. The second-order valence-corrected chi connectivity index (χ2v) is 11.1. The van der Waals surface area contributed by atoms with Crippen LogP contribution in [0.2, 0.25) is 0 Å². The molecule has 164 valence electrons. The first kappa shape index (κ1) is 21.5. The Bertz CT molecular complexity index is 888. The first-order chi connectivity index (χ1) is 14.4. The number of benzene rings is 1. The molecule has 0 spiro atoms. The number of piperidine rings is 2. The van der Waals surface area contributed by atoms with Crippen molar-refractivity contribution >= 4 is 21.7 Å². The minimum atomic E-state index is -3.60. The molecule has 0 bridgehead atoms. The Kier molecular flexibility index (Phi) is 6.30. The maximum absolute atomic E-state index is 13.1. The third-order valence-electron chi connectivity index (χ3n) is 7.30. The van der Waals surface area contributed by atoms with Crippen molar-refractivity contribution in [3.05, 3.63) is 29.8 Å². The van der Waals surface area contributed by atoms with Gasteiger partial charge in [0.25, 0.3) is 0 Å². The molecule has 2 saturated heterocycles. The van der Waals surface area contributed by atoms with Gasteiger partial charge in [0.15, 0.2) is 5.78 Å². The standard InChI is InChI=1S/C23H32N2O4S/c1-17(26)18-6-8-22(9-7-18)30(28,29)25-14-11-20(12-15-25)23(27)24-13-10-19-4-2-3-5-21(19)16-24/h6-9,19-21H,2-5,10-16H2,1H3/t19-,21+/m0/s1. The third-order valence-corrected chi connectivity index (χ3v) is 9.22. The molecule has 1 aliphatic carbocycles. The van der Waals surface area contributed by atoms with E-state index in [9.17, 15) is 18.0 Å². The molecule has 1 aromatic rings. The summed E-state index contributed by atoms with van der Waals surface area (Å²) in [6.45, 7) is 3.95. The number of fused-ring (bicyclic) bond motifs is 1. The number of carbonyl (C=O) groups excluding carboxylic acids is 2. The molecular formula is C23H32N2O4S. The van der Waals surface area contributed by atoms with Gasteiger partial charge in [0, 0.05) is 37.7 Å². The highest BCUT2D eigenvalue weighted by Gasteiger charge is 2.37. The van der Waals surface area contributed by atoms with Gasteiger partial charge < -0.3 is 4.90 Å². The minimum absolute atomic E-state index is 0.0725. The molecule has 1 aromatic carbocycles. The van der Waals surface area contributed by atoms with Crippen LogP contribution in [-0.2, 0) is 14.8 Å². The zero-order valence-corrected chi connectivity index (χ0v) is 18.6. The van der Waals surface area contributed by atoms with Crippen molar-refractivity contribution in [1.82, 2.24) is 9.21 Å². The average Bonchev–Trinajstić information content (AvgIpc) is 2.78. The summed E-state index contributed by atoms with van der Waals surface area (Å²) in [6.07, 6.45) is 7.46.